The van der Waals surface area contributed by atoms with Crippen LogP contribution in [0.15, 0.2) is 6.07 Å². The van der Waals surface area contributed by atoms with Crippen LogP contribution in [0.25, 0.3) is 0 Å². The summed E-state index contributed by atoms with van der Waals surface area (Å²) in [7, 11) is 0. The lowest BCUT2D eigenvalue weighted by atomic mass is 9.95. The van der Waals surface area contributed by atoms with E-state index in [0.717, 1.165) is 12.8 Å². The number of hydrogen-bond donors (Lipinski definition) is 2. The van der Waals surface area contributed by atoms with Crippen LogP contribution in [0.4, 0.5) is 0 Å². The minimum Gasteiger partial charge on any atom is -0.481 e. The van der Waals surface area contributed by atoms with Gasteiger partial charge in [0.2, 0.25) is 0 Å². The van der Waals surface area contributed by atoms with Gasteiger partial charge in [0.05, 0.1) is 5.02 Å². The predicted molar refractivity (Wildman–Crippen MR) is 71.7 cm³/mol. The van der Waals surface area contributed by atoms with Gasteiger partial charge in [-0.25, -0.2) is 0 Å². The fraction of sp³-hybridized carbons (Fsp3) is 0.500. The molecule has 1 unspecified atom stereocenters. The number of aromatic nitrogens is 1. The molecule has 2 heterocycles. The number of nitrogens with one attached hydrogen (secondary N) is 1. The van der Waals surface area contributed by atoms with Crippen LogP contribution in [-0.4, -0.2) is 40.0 Å². The smallest absolute Gasteiger partial charge is 0.303 e. The number of amides is 1. The number of aliphatic carboxylic acids is 1. The van der Waals surface area contributed by atoms with E-state index in [0.29, 0.717) is 23.8 Å². The summed E-state index contributed by atoms with van der Waals surface area (Å²) >= 11 is 11.6. The molecule has 0 aromatic carbocycles. The Kier molecular flexibility index (Phi) is 4.37. The van der Waals surface area contributed by atoms with E-state index < -0.39 is 5.97 Å². The van der Waals surface area contributed by atoms with E-state index in [1.807, 2.05) is 0 Å². The molecule has 5 nitrogen and oxygen atoms in total. The zero-order valence-electron chi connectivity index (χ0n) is 10.2. The zero-order chi connectivity index (χ0) is 14.0. The van der Waals surface area contributed by atoms with Gasteiger partial charge in [-0.3, -0.25) is 9.59 Å². The highest BCUT2D eigenvalue weighted by atomic mass is 35.5. The van der Waals surface area contributed by atoms with Crippen LogP contribution >= 0.6 is 23.2 Å². The number of nitrogens with zero attached hydrogens (tertiary/aromatic N) is 1. The van der Waals surface area contributed by atoms with E-state index in [2.05, 4.69) is 4.98 Å². The third-order valence-corrected chi connectivity index (χ3v) is 3.92. The number of rotatable bonds is 3. The van der Waals surface area contributed by atoms with Crippen molar-refractivity contribution in [1.29, 1.82) is 0 Å². The first kappa shape index (κ1) is 14.2. The van der Waals surface area contributed by atoms with E-state index in [9.17, 15) is 9.59 Å². The number of carbonyl (C=O) groups excluding carboxylic acids is 1. The molecular weight excluding hydrogens is 291 g/mol. The molecule has 1 aromatic heterocycles. The Labute approximate surface area is 120 Å². The van der Waals surface area contributed by atoms with Gasteiger partial charge < -0.3 is 15.0 Å². The quantitative estimate of drug-likeness (QED) is 0.901. The zero-order valence-corrected chi connectivity index (χ0v) is 11.7. The Morgan fingerprint density at radius 3 is 2.79 bits per heavy atom. The van der Waals surface area contributed by atoms with Gasteiger partial charge in [-0.05, 0) is 24.8 Å². The molecule has 19 heavy (non-hydrogen) atoms. The monoisotopic (exact) mass is 304 g/mol. The number of carboxylic acid groups (broad SMARTS) is 1. The summed E-state index contributed by atoms with van der Waals surface area (Å²) in [5.74, 6) is -1.01. The molecule has 7 heteroatoms. The van der Waals surface area contributed by atoms with Crippen molar-refractivity contribution in [2.24, 2.45) is 5.92 Å². The van der Waals surface area contributed by atoms with Gasteiger partial charge in [0.25, 0.3) is 5.91 Å². The van der Waals surface area contributed by atoms with Gasteiger partial charge in [-0.15, -0.1) is 0 Å². The molecule has 1 amide bonds. The maximum absolute atomic E-state index is 12.2. The average Bonchev–Trinajstić information content (AvgIpc) is 2.68. The summed E-state index contributed by atoms with van der Waals surface area (Å²) in [6.45, 7) is 1.09. The van der Waals surface area contributed by atoms with E-state index in [4.69, 9.17) is 28.3 Å². The van der Waals surface area contributed by atoms with Crippen molar-refractivity contribution in [3.63, 3.8) is 0 Å². The molecule has 0 radical (unpaired) electrons. The van der Waals surface area contributed by atoms with Gasteiger partial charge in [-0.2, -0.15) is 0 Å². The summed E-state index contributed by atoms with van der Waals surface area (Å²) in [6, 6.07) is 1.49. The van der Waals surface area contributed by atoms with E-state index >= 15 is 0 Å². The van der Waals surface area contributed by atoms with Gasteiger partial charge in [0, 0.05) is 19.5 Å². The summed E-state index contributed by atoms with van der Waals surface area (Å²) in [5.41, 5.74) is 0.339. The average molecular weight is 305 g/mol. The Bertz CT molecular complexity index is 482. The van der Waals surface area contributed by atoms with Crippen molar-refractivity contribution in [3.05, 3.63) is 21.9 Å². The number of hydrogen-bond acceptors (Lipinski definition) is 2. The number of aromatic amines is 1. The highest BCUT2D eigenvalue weighted by Crippen LogP contribution is 2.25. The lowest BCUT2D eigenvalue weighted by Gasteiger charge is -2.31. The number of halogens is 2. The van der Waals surface area contributed by atoms with Crippen LogP contribution in [-0.2, 0) is 4.79 Å². The minimum atomic E-state index is -0.828. The van der Waals surface area contributed by atoms with Gasteiger partial charge in [0.1, 0.15) is 10.8 Å². The fourth-order valence-corrected chi connectivity index (χ4v) is 2.67. The first-order valence-electron chi connectivity index (χ1n) is 6.02. The molecule has 1 aromatic rings. The number of carbonyl (C=O) groups is 2. The second kappa shape index (κ2) is 5.84. The lowest BCUT2D eigenvalue weighted by Crippen LogP contribution is -2.40. The normalized spacial score (nSPS) is 19.5. The maximum Gasteiger partial charge on any atom is 0.303 e. The molecule has 0 saturated carbocycles. The van der Waals surface area contributed by atoms with Crippen molar-refractivity contribution in [2.75, 3.05) is 13.1 Å². The van der Waals surface area contributed by atoms with Crippen molar-refractivity contribution in [3.8, 4) is 0 Å². The minimum absolute atomic E-state index is 0.0103. The Balaban J connectivity index is 2.04. The van der Waals surface area contributed by atoms with Gasteiger partial charge >= 0.3 is 5.97 Å². The number of piperidine rings is 1. The number of likely N-dealkylation sites (tertiary alicyclic amines) is 1. The summed E-state index contributed by atoms with van der Waals surface area (Å²) < 4.78 is 0. The third-order valence-electron chi connectivity index (χ3n) is 3.23. The van der Waals surface area contributed by atoms with E-state index in [1.165, 1.54) is 6.07 Å². The van der Waals surface area contributed by atoms with E-state index in [-0.39, 0.29) is 23.4 Å². The molecule has 0 spiro atoms. The SMILES string of the molecule is O=C(O)CC1CCCN(C(=O)c2cc(Cl)c(Cl)[nH]2)C1. The van der Waals surface area contributed by atoms with Gasteiger partial charge in [0.15, 0.2) is 0 Å². The highest BCUT2D eigenvalue weighted by molar-refractivity contribution is 6.41. The lowest BCUT2D eigenvalue weighted by molar-refractivity contribution is -0.138. The van der Waals surface area contributed by atoms with Crippen molar-refractivity contribution >= 4 is 35.1 Å². The predicted octanol–water partition coefficient (Wildman–Crippen LogP) is 2.65. The molecule has 104 valence electrons. The van der Waals surface area contributed by atoms with Crippen LogP contribution in [0.1, 0.15) is 29.8 Å². The Morgan fingerprint density at radius 1 is 1.47 bits per heavy atom. The first-order chi connectivity index (χ1) is 8.97. The van der Waals surface area contributed by atoms with Crippen molar-refractivity contribution in [2.45, 2.75) is 19.3 Å². The fourth-order valence-electron chi connectivity index (χ4n) is 2.35. The summed E-state index contributed by atoms with van der Waals surface area (Å²) in [6.07, 6.45) is 1.74. The van der Waals surface area contributed by atoms with Crippen LogP contribution in [0.3, 0.4) is 0 Å². The highest BCUT2D eigenvalue weighted by Gasteiger charge is 2.27. The second-order valence-corrected chi connectivity index (χ2v) is 5.49. The molecule has 1 aliphatic rings. The third kappa shape index (κ3) is 3.42. The molecule has 0 bridgehead atoms. The first-order valence-corrected chi connectivity index (χ1v) is 6.78. The van der Waals surface area contributed by atoms with E-state index in [1.54, 1.807) is 4.90 Å². The second-order valence-electron chi connectivity index (χ2n) is 4.70. The van der Waals surface area contributed by atoms with Crippen LogP contribution in [0, 0.1) is 5.92 Å². The topological polar surface area (TPSA) is 73.4 Å². The van der Waals surface area contributed by atoms with Crippen LogP contribution < -0.4 is 0 Å². The number of carboxylic acids is 1. The molecule has 2 rings (SSSR count). The van der Waals surface area contributed by atoms with Gasteiger partial charge in [-0.1, -0.05) is 23.2 Å². The summed E-state index contributed by atoms with van der Waals surface area (Å²) in [5, 5.41) is 9.35. The molecule has 2 N–H and O–H groups in total. The summed E-state index contributed by atoms with van der Waals surface area (Å²) in [4.78, 5) is 27.3. The standard InChI is InChI=1S/C12H14Cl2N2O3/c13-8-5-9(15-11(8)14)12(19)16-3-1-2-7(6-16)4-10(17)18/h5,7,15H,1-4,6H2,(H,17,18). The molecule has 1 saturated heterocycles. The molecule has 0 aliphatic carbocycles. The maximum atomic E-state index is 12.2. The van der Waals surface area contributed by atoms with Crippen LogP contribution in [0.2, 0.25) is 10.2 Å². The van der Waals surface area contributed by atoms with Crippen molar-refractivity contribution in [1.82, 2.24) is 9.88 Å². The largest absolute Gasteiger partial charge is 0.481 e. The van der Waals surface area contributed by atoms with Crippen molar-refractivity contribution < 1.29 is 14.7 Å². The van der Waals surface area contributed by atoms with Crippen LogP contribution in [0.5, 0.6) is 0 Å². The molecule has 1 atom stereocenters. The molecule has 1 fully saturated rings. The Morgan fingerprint density at radius 2 is 2.21 bits per heavy atom. The molecule has 1 aliphatic heterocycles. The number of H-pyrrole nitrogens is 1. The Hall–Kier alpha value is -1.20. The molecular formula is C12H14Cl2N2O3.